The van der Waals surface area contributed by atoms with Gasteiger partial charge in [-0.2, -0.15) is 0 Å². The molecule has 0 aliphatic heterocycles. The maximum atomic E-state index is 12.3. The van der Waals surface area contributed by atoms with Crippen molar-refractivity contribution in [2.24, 2.45) is 0 Å². The van der Waals surface area contributed by atoms with Crippen LogP contribution in [0.2, 0.25) is 0 Å². The number of H-pyrrole nitrogens is 1. The van der Waals surface area contributed by atoms with Gasteiger partial charge in [0, 0.05) is 11.6 Å². The summed E-state index contributed by atoms with van der Waals surface area (Å²) in [5.41, 5.74) is 2.89. The summed E-state index contributed by atoms with van der Waals surface area (Å²) in [6.45, 7) is 0.158. The van der Waals surface area contributed by atoms with Crippen LogP contribution in [0.1, 0.15) is 5.69 Å². The van der Waals surface area contributed by atoms with E-state index in [2.05, 4.69) is 15.0 Å². The molecule has 0 spiro atoms. The van der Waals surface area contributed by atoms with E-state index in [-0.39, 0.29) is 12.0 Å². The number of aromatic amines is 1. The summed E-state index contributed by atoms with van der Waals surface area (Å²) in [6.07, 6.45) is 3.28. The Labute approximate surface area is 136 Å². The molecule has 0 unspecified atom stereocenters. The third-order valence-corrected chi connectivity index (χ3v) is 3.52. The fourth-order valence-electron chi connectivity index (χ4n) is 2.45. The van der Waals surface area contributed by atoms with E-state index in [1.54, 1.807) is 23.2 Å². The molecule has 0 saturated heterocycles. The number of benzene rings is 1. The Bertz CT molecular complexity index is 1050. The van der Waals surface area contributed by atoms with Gasteiger partial charge in [0.25, 0.3) is 12.0 Å². The lowest BCUT2D eigenvalue weighted by atomic mass is 10.2. The lowest BCUT2D eigenvalue weighted by Gasteiger charge is -2.06. The van der Waals surface area contributed by atoms with Crippen LogP contribution in [0.3, 0.4) is 0 Å². The van der Waals surface area contributed by atoms with E-state index in [1.807, 2.05) is 36.4 Å². The predicted molar refractivity (Wildman–Crippen MR) is 89.9 cm³/mol. The fourth-order valence-corrected chi connectivity index (χ4v) is 2.45. The first kappa shape index (κ1) is 15.4. The average Bonchev–Trinajstić information content (AvgIpc) is 3.08. The Kier molecular flexibility index (Phi) is 4.33. The van der Waals surface area contributed by atoms with Gasteiger partial charge in [-0.15, -0.1) is 0 Å². The van der Waals surface area contributed by atoms with Gasteiger partial charge in [0.15, 0.2) is 0 Å². The van der Waals surface area contributed by atoms with Crippen molar-refractivity contribution in [3.63, 3.8) is 0 Å². The molecule has 0 saturated carbocycles. The van der Waals surface area contributed by atoms with Gasteiger partial charge < -0.3 is 10.1 Å². The number of hydrogen-bond donors (Lipinski definition) is 2. The summed E-state index contributed by atoms with van der Waals surface area (Å²) in [7, 11) is 0. The van der Waals surface area contributed by atoms with Crippen LogP contribution in [0, 0.1) is 0 Å². The summed E-state index contributed by atoms with van der Waals surface area (Å²) in [6, 6.07) is 13.7. The number of aromatic nitrogens is 4. The third kappa shape index (κ3) is 3.00. The van der Waals surface area contributed by atoms with Gasteiger partial charge in [-0.1, -0.05) is 24.3 Å². The number of carbonyl (C=O) groups is 1. The minimum absolute atomic E-state index is 0.0834. The maximum absolute atomic E-state index is 12.3. The third-order valence-electron chi connectivity index (χ3n) is 3.52. The molecule has 4 aromatic rings. The van der Waals surface area contributed by atoms with Crippen LogP contribution in [0.15, 0.2) is 59.8 Å². The van der Waals surface area contributed by atoms with Crippen molar-refractivity contribution in [2.75, 3.05) is 0 Å². The van der Waals surface area contributed by atoms with Crippen LogP contribution in [-0.2, 0) is 11.3 Å². The zero-order chi connectivity index (χ0) is 16.9. The summed E-state index contributed by atoms with van der Waals surface area (Å²) in [4.78, 5) is 32.5. The zero-order valence-corrected chi connectivity index (χ0v) is 12.6. The van der Waals surface area contributed by atoms with E-state index in [0.717, 1.165) is 16.6 Å². The molecule has 7 nitrogen and oxygen atoms in total. The minimum atomic E-state index is -0.250. The number of nitrogens with zero attached hydrogens (tertiary/aromatic N) is 3. The van der Waals surface area contributed by atoms with Gasteiger partial charge in [0.05, 0.1) is 29.6 Å². The number of hydrogen-bond acceptors (Lipinski definition) is 4. The molecule has 3 heterocycles. The van der Waals surface area contributed by atoms with Crippen molar-refractivity contribution in [1.82, 2.24) is 19.5 Å². The van der Waals surface area contributed by atoms with Crippen molar-refractivity contribution in [3.8, 4) is 0 Å². The SMILES string of the molecule is O=CO.O=c1c2[nH]ccc2ncn1Cc1ccc2ccccc2n1. The Hall–Kier alpha value is -3.48. The highest BCUT2D eigenvalue weighted by atomic mass is 16.3. The molecule has 7 heteroatoms. The largest absolute Gasteiger partial charge is 0.483 e. The minimum Gasteiger partial charge on any atom is -0.483 e. The first-order chi connectivity index (χ1) is 11.7. The van der Waals surface area contributed by atoms with E-state index in [1.165, 1.54) is 0 Å². The monoisotopic (exact) mass is 322 g/mol. The number of rotatable bonds is 2. The molecule has 0 bridgehead atoms. The second-order valence-electron chi connectivity index (χ2n) is 5.02. The van der Waals surface area contributed by atoms with Gasteiger partial charge in [-0.25, -0.2) is 4.98 Å². The molecule has 0 aliphatic rings. The first-order valence-electron chi connectivity index (χ1n) is 7.18. The molecule has 0 radical (unpaired) electrons. The molecular formula is C17H14N4O3. The molecule has 4 rings (SSSR count). The number of carboxylic acid groups (broad SMARTS) is 1. The highest BCUT2D eigenvalue weighted by molar-refractivity contribution is 5.78. The Morgan fingerprint density at radius 1 is 1.12 bits per heavy atom. The van der Waals surface area contributed by atoms with E-state index >= 15 is 0 Å². The lowest BCUT2D eigenvalue weighted by Crippen LogP contribution is -2.21. The van der Waals surface area contributed by atoms with Gasteiger partial charge in [-0.3, -0.25) is 19.1 Å². The van der Waals surface area contributed by atoms with Crippen molar-refractivity contribution in [3.05, 3.63) is 71.0 Å². The van der Waals surface area contributed by atoms with Crippen molar-refractivity contribution < 1.29 is 9.90 Å². The van der Waals surface area contributed by atoms with Gasteiger partial charge in [0.2, 0.25) is 0 Å². The molecule has 0 amide bonds. The van der Waals surface area contributed by atoms with Gasteiger partial charge in [0.1, 0.15) is 5.52 Å². The van der Waals surface area contributed by atoms with Crippen LogP contribution in [0.25, 0.3) is 21.9 Å². The second kappa shape index (κ2) is 6.74. The lowest BCUT2D eigenvalue weighted by molar-refractivity contribution is -0.122. The summed E-state index contributed by atoms with van der Waals surface area (Å²) >= 11 is 0. The van der Waals surface area contributed by atoms with Crippen LogP contribution in [0.5, 0.6) is 0 Å². The second-order valence-corrected chi connectivity index (χ2v) is 5.02. The van der Waals surface area contributed by atoms with Crippen LogP contribution in [0.4, 0.5) is 0 Å². The van der Waals surface area contributed by atoms with Gasteiger partial charge >= 0.3 is 0 Å². The van der Waals surface area contributed by atoms with E-state index < -0.39 is 0 Å². The Morgan fingerprint density at radius 2 is 1.92 bits per heavy atom. The highest BCUT2D eigenvalue weighted by Gasteiger charge is 2.06. The van der Waals surface area contributed by atoms with Crippen molar-refractivity contribution in [1.29, 1.82) is 0 Å². The first-order valence-corrected chi connectivity index (χ1v) is 7.18. The molecule has 120 valence electrons. The number of nitrogens with one attached hydrogen (secondary N) is 1. The molecule has 1 aromatic carbocycles. The molecule has 0 atom stereocenters. The Balaban J connectivity index is 0.000000526. The summed E-state index contributed by atoms with van der Waals surface area (Å²) < 4.78 is 1.57. The number of pyridine rings is 1. The quantitative estimate of drug-likeness (QED) is 0.550. The summed E-state index contributed by atoms with van der Waals surface area (Å²) in [5.74, 6) is 0. The zero-order valence-electron chi connectivity index (χ0n) is 12.6. The molecule has 0 aliphatic carbocycles. The average molecular weight is 322 g/mol. The predicted octanol–water partition coefficient (Wildman–Crippen LogP) is 2.02. The van der Waals surface area contributed by atoms with Gasteiger partial charge in [-0.05, 0) is 18.2 Å². The maximum Gasteiger partial charge on any atom is 0.290 e. The topological polar surface area (TPSA) is 101 Å². The number of fused-ring (bicyclic) bond motifs is 2. The smallest absolute Gasteiger partial charge is 0.290 e. The molecule has 0 fully saturated rings. The number of para-hydroxylation sites is 1. The molecule has 24 heavy (non-hydrogen) atoms. The summed E-state index contributed by atoms with van der Waals surface area (Å²) in [5, 5.41) is 7.98. The molecule has 2 N–H and O–H groups in total. The van der Waals surface area contributed by atoms with Crippen molar-refractivity contribution in [2.45, 2.75) is 6.54 Å². The molecular weight excluding hydrogens is 308 g/mol. The highest BCUT2D eigenvalue weighted by Crippen LogP contribution is 2.12. The van der Waals surface area contributed by atoms with Crippen molar-refractivity contribution >= 4 is 28.4 Å². The molecule has 3 aromatic heterocycles. The van der Waals surface area contributed by atoms with E-state index in [0.29, 0.717) is 17.6 Å². The van der Waals surface area contributed by atoms with E-state index in [9.17, 15) is 4.79 Å². The normalized spacial score (nSPS) is 10.3. The standard InChI is InChI=1S/C16H12N4O.CH2O2/c21-16-15-14(7-8-17-15)18-10-20(16)9-12-6-5-11-3-1-2-4-13(11)19-12;2-1-3/h1-8,10,17H,9H2;1H,(H,2,3). The van der Waals surface area contributed by atoms with E-state index in [4.69, 9.17) is 9.90 Å². The van der Waals surface area contributed by atoms with Crippen LogP contribution in [-0.4, -0.2) is 31.1 Å². The fraction of sp³-hybridized carbons (Fsp3) is 0.0588. The van der Waals surface area contributed by atoms with Crippen LogP contribution >= 0.6 is 0 Å². The van der Waals surface area contributed by atoms with Crippen LogP contribution < -0.4 is 5.56 Å². The Morgan fingerprint density at radius 3 is 2.75 bits per heavy atom.